The number of aromatic nitrogens is 2. The molecule has 8 heteroatoms. The van der Waals surface area contributed by atoms with Crippen molar-refractivity contribution in [3.8, 4) is 0 Å². The lowest BCUT2D eigenvalue weighted by molar-refractivity contribution is -0.118. The van der Waals surface area contributed by atoms with E-state index < -0.39 is 17.9 Å². The van der Waals surface area contributed by atoms with Crippen molar-refractivity contribution in [3.63, 3.8) is 0 Å². The summed E-state index contributed by atoms with van der Waals surface area (Å²) < 4.78 is 5.10. The number of amides is 1. The molecule has 0 spiro atoms. The molecule has 134 valence electrons. The minimum Gasteiger partial charge on any atom is -0.462 e. The second-order valence-corrected chi connectivity index (χ2v) is 6.57. The summed E-state index contributed by atoms with van der Waals surface area (Å²) >= 11 is 1.24. The summed E-state index contributed by atoms with van der Waals surface area (Å²) in [7, 11) is 0. The first-order valence-electron chi connectivity index (χ1n) is 8.05. The van der Waals surface area contributed by atoms with Crippen LogP contribution in [0.1, 0.15) is 33.8 Å². The van der Waals surface area contributed by atoms with Crippen LogP contribution in [0.15, 0.2) is 36.7 Å². The molecular weight excluding hydrogens is 352 g/mol. The van der Waals surface area contributed by atoms with E-state index in [1.807, 2.05) is 30.3 Å². The van der Waals surface area contributed by atoms with E-state index in [1.165, 1.54) is 17.7 Å². The number of fused-ring (bicyclic) bond motifs is 1. The third-order valence-corrected chi connectivity index (χ3v) is 5.07. The summed E-state index contributed by atoms with van der Waals surface area (Å²) in [5.41, 5.74) is 7.01. The Morgan fingerprint density at radius 3 is 2.65 bits per heavy atom. The van der Waals surface area contributed by atoms with Crippen molar-refractivity contribution in [1.82, 2.24) is 9.97 Å². The molecule has 2 heterocycles. The lowest BCUT2D eigenvalue weighted by Gasteiger charge is -2.17. The Morgan fingerprint density at radius 2 is 2.00 bits per heavy atom. The Bertz CT molecular complexity index is 956. The van der Waals surface area contributed by atoms with Crippen LogP contribution >= 0.6 is 11.3 Å². The minimum absolute atomic E-state index is 0.293. The summed E-state index contributed by atoms with van der Waals surface area (Å²) in [6, 6.07) is 8.39. The van der Waals surface area contributed by atoms with Crippen LogP contribution in [0.25, 0.3) is 10.2 Å². The van der Waals surface area contributed by atoms with Gasteiger partial charge in [0.15, 0.2) is 0 Å². The molecule has 0 bridgehead atoms. The summed E-state index contributed by atoms with van der Waals surface area (Å²) in [6.07, 6.45) is 1.39. The smallest absolute Gasteiger partial charge is 0.348 e. The number of hydrogen-bond acceptors (Lipinski definition) is 7. The maximum absolute atomic E-state index is 12.1. The lowest BCUT2D eigenvalue weighted by atomic mass is 10.1. The van der Waals surface area contributed by atoms with Gasteiger partial charge < -0.3 is 15.8 Å². The molecule has 2 aromatic heterocycles. The molecule has 0 aliphatic heterocycles. The van der Waals surface area contributed by atoms with Gasteiger partial charge in [-0.25, -0.2) is 14.8 Å². The number of primary amides is 1. The minimum atomic E-state index is -0.750. The topological polar surface area (TPSA) is 107 Å². The first-order chi connectivity index (χ1) is 12.5. The SMILES string of the molecule is CCOC(=O)c1sc2ncnc(NC(C(N)=O)c3ccccc3)c2c1C. The molecule has 26 heavy (non-hydrogen) atoms. The summed E-state index contributed by atoms with van der Waals surface area (Å²) in [4.78, 5) is 33.7. The van der Waals surface area contributed by atoms with Crippen LogP contribution in [0, 0.1) is 6.92 Å². The van der Waals surface area contributed by atoms with Gasteiger partial charge >= 0.3 is 5.97 Å². The first kappa shape index (κ1) is 17.8. The molecule has 3 aromatic rings. The van der Waals surface area contributed by atoms with Crippen LogP contribution in [0.5, 0.6) is 0 Å². The highest BCUT2D eigenvalue weighted by Crippen LogP contribution is 2.35. The van der Waals surface area contributed by atoms with E-state index in [9.17, 15) is 9.59 Å². The van der Waals surface area contributed by atoms with Crippen molar-refractivity contribution in [3.05, 3.63) is 52.7 Å². The molecule has 1 atom stereocenters. The number of thiophene rings is 1. The van der Waals surface area contributed by atoms with Gasteiger partial charge in [0, 0.05) is 0 Å². The van der Waals surface area contributed by atoms with Gasteiger partial charge in [0.05, 0.1) is 12.0 Å². The number of anilines is 1. The van der Waals surface area contributed by atoms with Crippen LogP contribution < -0.4 is 11.1 Å². The molecule has 1 amide bonds. The first-order valence-corrected chi connectivity index (χ1v) is 8.86. The van der Waals surface area contributed by atoms with E-state index in [-0.39, 0.29) is 0 Å². The van der Waals surface area contributed by atoms with E-state index in [1.54, 1.807) is 13.8 Å². The number of rotatable bonds is 6. The molecule has 1 unspecified atom stereocenters. The fourth-order valence-electron chi connectivity index (χ4n) is 2.67. The number of carbonyl (C=O) groups is 2. The van der Waals surface area contributed by atoms with Crippen molar-refractivity contribution in [2.75, 3.05) is 11.9 Å². The zero-order chi connectivity index (χ0) is 18.7. The fourth-order valence-corrected chi connectivity index (χ4v) is 3.72. The zero-order valence-electron chi connectivity index (χ0n) is 14.4. The molecule has 0 radical (unpaired) electrons. The van der Waals surface area contributed by atoms with Crippen molar-refractivity contribution in [1.29, 1.82) is 0 Å². The Labute approximate surface area is 154 Å². The average Bonchev–Trinajstić information content (AvgIpc) is 2.98. The molecule has 3 rings (SSSR count). The number of nitrogens with two attached hydrogens (primary N) is 1. The molecule has 0 saturated heterocycles. The molecule has 0 aliphatic carbocycles. The number of hydrogen-bond donors (Lipinski definition) is 2. The Kier molecular flexibility index (Phi) is 5.13. The highest BCUT2D eigenvalue weighted by Gasteiger charge is 2.23. The average molecular weight is 370 g/mol. The molecule has 0 fully saturated rings. The van der Waals surface area contributed by atoms with E-state index in [0.717, 1.165) is 5.56 Å². The molecule has 0 aliphatic rings. The van der Waals surface area contributed by atoms with Crippen molar-refractivity contribution >= 4 is 39.2 Å². The van der Waals surface area contributed by atoms with Crippen LogP contribution in [-0.2, 0) is 9.53 Å². The maximum Gasteiger partial charge on any atom is 0.348 e. The van der Waals surface area contributed by atoms with Gasteiger partial charge in [0.2, 0.25) is 5.91 Å². The lowest BCUT2D eigenvalue weighted by Crippen LogP contribution is -2.28. The Hall–Kier alpha value is -3.00. The molecule has 3 N–H and O–H groups in total. The van der Waals surface area contributed by atoms with E-state index in [0.29, 0.717) is 33.1 Å². The van der Waals surface area contributed by atoms with Gasteiger partial charge in [-0.3, -0.25) is 4.79 Å². The second-order valence-electron chi connectivity index (χ2n) is 5.57. The van der Waals surface area contributed by atoms with Gasteiger partial charge in [-0.2, -0.15) is 0 Å². The number of ether oxygens (including phenoxy) is 1. The maximum atomic E-state index is 12.1. The quantitative estimate of drug-likeness (QED) is 0.646. The number of nitrogens with zero attached hydrogens (tertiary/aromatic N) is 2. The van der Waals surface area contributed by atoms with Gasteiger partial charge in [0.25, 0.3) is 0 Å². The largest absolute Gasteiger partial charge is 0.462 e. The van der Waals surface area contributed by atoms with Crippen LogP contribution in [0.4, 0.5) is 5.82 Å². The predicted molar refractivity (Wildman–Crippen MR) is 100 cm³/mol. The number of nitrogens with one attached hydrogen (secondary N) is 1. The van der Waals surface area contributed by atoms with E-state index in [4.69, 9.17) is 10.5 Å². The fraction of sp³-hybridized carbons (Fsp3) is 0.222. The summed E-state index contributed by atoms with van der Waals surface area (Å²) in [5.74, 6) is -0.470. The third-order valence-electron chi connectivity index (χ3n) is 3.89. The number of esters is 1. The number of carbonyl (C=O) groups excluding carboxylic acids is 2. The predicted octanol–water partition coefficient (Wildman–Crippen LogP) is 2.81. The van der Waals surface area contributed by atoms with Crippen LogP contribution in [0.2, 0.25) is 0 Å². The van der Waals surface area contributed by atoms with Crippen molar-refractivity contribution in [2.24, 2.45) is 5.73 Å². The Morgan fingerprint density at radius 1 is 1.27 bits per heavy atom. The van der Waals surface area contributed by atoms with Gasteiger partial charge in [-0.1, -0.05) is 30.3 Å². The summed E-state index contributed by atoms with van der Waals surface area (Å²) in [5, 5.41) is 3.77. The third kappa shape index (κ3) is 3.36. The van der Waals surface area contributed by atoms with Crippen molar-refractivity contribution < 1.29 is 14.3 Å². The van der Waals surface area contributed by atoms with Crippen LogP contribution in [0.3, 0.4) is 0 Å². The van der Waals surface area contributed by atoms with Crippen molar-refractivity contribution in [2.45, 2.75) is 19.9 Å². The molecular formula is C18H18N4O3S. The van der Waals surface area contributed by atoms with Gasteiger partial charge in [-0.05, 0) is 25.0 Å². The standard InChI is InChI=1S/C18H18N4O3S/c1-3-25-18(24)14-10(2)12-16(20-9-21-17(12)26-14)22-13(15(19)23)11-7-5-4-6-8-11/h4-9,13H,3H2,1-2H3,(H2,19,23)(H,20,21,22). The van der Waals surface area contributed by atoms with Gasteiger partial charge in [-0.15, -0.1) is 11.3 Å². The second kappa shape index (κ2) is 7.49. The van der Waals surface area contributed by atoms with E-state index in [2.05, 4.69) is 15.3 Å². The molecule has 0 saturated carbocycles. The van der Waals surface area contributed by atoms with Gasteiger partial charge in [0.1, 0.15) is 27.9 Å². The number of benzene rings is 1. The number of aryl methyl sites for hydroxylation is 1. The highest BCUT2D eigenvalue weighted by molar-refractivity contribution is 7.20. The van der Waals surface area contributed by atoms with E-state index >= 15 is 0 Å². The molecule has 7 nitrogen and oxygen atoms in total. The molecule has 1 aromatic carbocycles. The monoisotopic (exact) mass is 370 g/mol. The zero-order valence-corrected chi connectivity index (χ0v) is 15.2. The van der Waals surface area contributed by atoms with Crippen LogP contribution in [-0.4, -0.2) is 28.5 Å². The summed E-state index contributed by atoms with van der Waals surface area (Å²) in [6.45, 7) is 3.85. The normalized spacial score (nSPS) is 11.9. The highest BCUT2D eigenvalue weighted by atomic mass is 32.1. The Balaban J connectivity index is 2.05.